The Morgan fingerprint density at radius 2 is 1.96 bits per heavy atom. The van der Waals surface area contributed by atoms with Crippen LogP contribution in [0.15, 0.2) is 0 Å². The summed E-state index contributed by atoms with van der Waals surface area (Å²) in [4.78, 5) is 25.8. The normalized spacial score (nSPS) is 25.6. The van der Waals surface area contributed by atoms with Crippen LogP contribution in [0.2, 0.25) is 0 Å². The quantitative estimate of drug-likeness (QED) is 0.776. The van der Waals surface area contributed by atoms with Gasteiger partial charge in [0.25, 0.3) is 0 Å². The summed E-state index contributed by atoms with van der Waals surface area (Å²) < 4.78 is 6.10. The summed E-state index contributed by atoms with van der Waals surface area (Å²) in [6, 6.07) is 0. The van der Waals surface area contributed by atoms with E-state index in [1.54, 1.807) is 0 Å². The SMILES string of the molecule is CC(C)CCC(=O)N1CC2(CC[C@H](CNC(=O)CC3CC3)CO2)C1. The summed E-state index contributed by atoms with van der Waals surface area (Å²) in [6.07, 6.45) is 6.84. The van der Waals surface area contributed by atoms with E-state index in [0.29, 0.717) is 37.2 Å². The zero-order valence-corrected chi connectivity index (χ0v) is 15.2. The van der Waals surface area contributed by atoms with E-state index in [4.69, 9.17) is 4.74 Å². The lowest BCUT2D eigenvalue weighted by atomic mass is 9.82. The minimum absolute atomic E-state index is 0.0952. The van der Waals surface area contributed by atoms with Crippen LogP contribution in [0.25, 0.3) is 0 Å². The molecule has 1 aliphatic carbocycles. The number of likely N-dealkylation sites (tertiary alicyclic amines) is 1. The number of carbonyl (C=O) groups is 2. The maximum absolute atomic E-state index is 12.1. The maximum atomic E-state index is 12.1. The molecule has 24 heavy (non-hydrogen) atoms. The van der Waals surface area contributed by atoms with Crippen LogP contribution in [-0.4, -0.2) is 48.6 Å². The molecule has 2 amide bonds. The lowest BCUT2D eigenvalue weighted by molar-refractivity contribution is -0.188. The van der Waals surface area contributed by atoms with E-state index in [9.17, 15) is 9.59 Å². The van der Waals surface area contributed by atoms with Crippen LogP contribution in [0.3, 0.4) is 0 Å². The molecule has 3 fully saturated rings. The highest BCUT2D eigenvalue weighted by atomic mass is 16.5. The number of carbonyl (C=O) groups excluding carboxylic acids is 2. The molecule has 1 spiro atoms. The first kappa shape index (κ1) is 17.7. The van der Waals surface area contributed by atoms with Gasteiger partial charge in [-0.1, -0.05) is 13.8 Å². The summed E-state index contributed by atoms with van der Waals surface area (Å²) in [5.41, 5.74) is -0.0952. The summed E-state index contributed by atoms with van der Waals surface area (Å²) >= 11 is 0. The van der Waals surface area contributed by atoms with Gasteiger partial charge >= 0.3 is 0 Å². The molecule has 1 atom stereocenters. The van der Waals surface area contributed by atoms with Crippen molar-refractivity contribution in [3.8, 4) is 0 Å². The molecule has 0 unspecified atom stereocenters. The number of nitrogens with one attached hydrogen (secondary N) is 1. The van der Waals surface area contributed by atoms with Crippen molar-refractivity contribution in [2.75, 3.05) is 26.2 Å². The smallest absolute Gasteiger partial charge is 0.222 e. The molecule has 3 aliphatic rings. The first-order valence-electron chi connectivity index (χ1n) is 9.64. The van der Waals surface area contributed by atoms with Crippen molar-refractivity contribution < 1.29 is 14.3 Å². The molecule has 0 bridgehead atoms. The van der Waals surface area contributed by atoms with Crippen molar-refractivity contribution >= 4 is 11.8 Å². The molecule has 5 nitrogen and oxygen atoms in total. The first-order chi connectivity index (χ1) is 11.5. The van der Waals surface area contributed by atoms with Gasteiger partial charge in [0.1, 0.15) is 5.60 Å². The van der Waals surface area contributed by atoms with Gasteiger partial charge in [-0.2, -0.15) is 0 Å². The average molecular weight is 336 g/mol. The summed E-state index contributed by atoms with van der Waals surface area (Å²) in [5, 5.41) is 3.06. The zero-order valence-electron chi connectivity index (χ0n) is 15.2. The largest absolute Gasteiger partial charge is 0.371 e. The van der Waals surface area contributed by atoms with E-state index in [1.165, 1.54) is 12.8 Å². The van der Waals surface area contributed by atoms with Crippen LogP contribution >= 0.6 is 0 Å². The minimum atomic E-state index is -0.0952. The fraction of sp³-hybridized carbons (Fsp3) is 0.895. The molecule has 5 heteroatoms. The number of nitrogens with zero attached hydrogens (tertiary/aromatic N) is 1. The number of hydrogen-bond donors (Lipinski definition) is 1. The van der Waals surface area contributed by atoms with Gasteiger partial charge in [-0.25, -0.2) is 0 Å². The lowest BCUT2D eigenvalue weighted by Crippen LogP contribution is -2.66. The standard InChI is InChI=1S/C19H32N2O3/c1-14(2)3-6-18(23)21-12-19(13-21)8-7-16(11-24-19)10-20-17(22)9-15-4-5-15/h14-16H,3-13H2,1-2H3,(H,20,22)/t16-/m1/s1. The number of hydrogen-bond acceptors (Lipinski definition) is 3. The Kier molecular flexibility index (Phi) is 5.48. The molecule has 1 N–H and O–H groups in total. The van der Waals surface area contributed by atoms with Crippen molar-refractivity contribution in [3.05, 3.63) is 0 Å². The highest BCUT2D eigenvalue weighted by Gasteiger charge is 2.48. The third-order valence-corrected chi connectivity index (χ3v) is 5.64. The van der Waals surface area contributed by atoms with E-state index in [0.717, 1.165) is 38.9 Å². The second-order valence-electron chi connectivity index (χ2n) is 8.53. The highest BCUT2D eigenvalue weighted by molar-refractivity contribution is 5.77. The van der Waals surface area contributed by atoms with Crippen molar-refractivity contribution in [2.45, 2.75) is 64.4 Å². The molecule has 2 saturated heterocycles. The van der Waals surface area contributed by atoms with Crippen molar-refractivity contribution in [1.29, 1.82) is 0 Å². The van der Waals surface area contributed by atoms with Crippen LogP contribution in [0.4, 0.5) is 0 Å². The molecule has 1 saturated carbocycles. The second kappa shape index (κ2) is 7.42. The Morgan fingerprint density at radius 3 is 2.54 bits per heavy atom. The second-order valence-corrected chi connectivity index (χ2v) is 8.53. The van der Waals surface area contributed by atoms with Gasteiger partial charge in [0, 0.05) is 19.4 Å². The van der Waals surface area contributed by atoms with E-state index in [2.05, 4.69) is 19.2 Å². The molecular formula is C19H32N2O3. The Hall–Kier alpha value is -1.10. The predicted octanol–water partition coefficient (Wildman–Crippen LogP) is 2.35. The minimum Gasteiger partial charge on any atom is -0.371 e. The highest BCUT2D eigenvalue weighted by Crippen LogP contribution is 2.36. The molecule has 0 aromatic carbocycles. The zero-order chi connectivity index (χ0) is 17.2. The molecular weight excluding hydrogens is 304 g/mol. The number of ether oxygens (including phenoxy) is 1. The summed E-state index contributed by atoms with van der Waals surface area (Å²) in [5.74, 6) is 2.11. The summed E-state index contributed by atoms with van der Waals surface area (Å²) in [7, 11) is 0. The van der Waals surface area contributed by atoms with Gasteiger partial charge in [0.15, 0.2) is 0 Å². The van der Waals surface area contributed by atoms with Crippen molar-refractivity contribution in [1.82, 2.24) is 10.2 Å². The first-order valence-corrected chi connectivity index (χ1v) is 9.64. The van der Waals surface area contributed by atoms with Gasteiger partial charge in [-0.3, -0.25) is 9.59 Å². The van der Waals surface area contributed by atoms with Crippen molar-refractivity contribution in [3.63, 3.8) is 0 Å². The van der Waals surface area contributed by atoms with Crippen LogP contribution in [0.5, 0.6) is 0 Å². The van der Waals surface area contributed by atoms with Crippen LogP contribution in [0.1, 0.15) is 58.8 Å². The van der Waals surface area contributed by atoms with Gasteiger partial charge in [-0.15, -0.1) is 0 Å². The monoisotopic (exact) mass is 336 g/mol. The van der Waals surface area contributed by atoms with Gasteiger partial charge < -0.3 is 15.0 Å². The average Bonchev–Trinajstić information content (AvgIpc) is 3.32. The summed E-state index contributed by atoms with van der Waals surface area (Å²) in [6.45, 7) is 7.25. The van der Waals surface area contributed by atoms with Crippen LogP contribution in [0, 0.1) is 17.8 Å². The third-order valence-electron chi connectivity index (χ3n) is 5.64. The maximum Gasteiger partial charge on any atom is 0.222 e. The molecule has 2 aliphatic heterocycles. The Balaban J connectivity index is 1.31. The molecule has 0 aromatic rings. The Labute approximate surface area is 145 Å². The van der Waals surface area contributed by atoms with Crippen LogP contribution < -0.4 is 5.32 Å². The number of amides is 2. The number of rotatable bonds is 7. The third kappa shape index (κ3) is 4.71. The molecule has 0 radical (unpaired) electrons. The fourth-order valence-electron chi connectivity index (χ4n) is 3.64. The molecule has 3 rings (SSSR count). The Morgan fingerprint density at radius 1 is 1.21 bits per heavy atom. The topological polar surface area (TPSA) is 58.6 Å². The van der Waals surface area contributed by atoms with Crippen molar-refractivity contribution in [2.24, 2.45) is 17.8 Å². The molecule has 0 aromatic heterocycles. The fourth-order valence-corrected chi connectivity index (χ4v) is 3.64. The van der Waals surface area contributed by atoms with E-state index in [1.807, 2.05) is 4.90 Å². The van der Waals surface area contributed by atoms with Gasteiger partial charge in [0.05, 0.1) is 19.7 Å². The Bertz CT molecular complexity index is 457. The molecule has 136 valence electrons. The van der Waals surface area contributed by atoms with Gasteiger partial charge in [0.2, 0.25) is 11.8 Å². The predicted molar refractivity (Wildman–Crippen MR) is 92.4 cm³/mol. The van der Waals surface area contributed by atoms with E-state index < -0.39 is 0 Å². The van der Waals surface area contributed by atoms with E-state index >= 15 is 0 Å². The molecule has 2 heterocycles. The van der Waals surface area contributed by atoms with Gasteiger partial charge in [-0.05, 0) is 49.9 Å². The lowest BCUT2D eigenvalue weighted by Gasteiger charge is -2.52. The van der Waals surface area contributed by atoms with E-state index in [-0.39, 0.29) is 17.4 Å². The van der Waals surface area contributed by atoms with Crippen LogP contribution in [-0.2, 0) is 14.3 Å².